The molecule has 2 aromatic heterocycles. The maximum Gasteiger partial charge on any atom is 0.410 e. The Hall–Kier alpha value is -4.01. The molecule has 0 saturated carbocycles. The fraction of sp³-hybridized carbons (Fsp3) is 0.522. The minimum atomic E-state index is -0.546. The number of hydrogen-bond donors (Lipinski definition) is 3. The van der Waals surface area contributed by atoms with Gasteiger partial charge in [0.25, 0.3) is 5.91 Å². The van der Waals surface area contributed by atoms with Crippen LogP contribution in [0, 0.1) is 17.2 Å². The normalized spacial score (nSPS) is 15.6. The average molecular weight is 482 g/mol. The first-order chi connectivity index (χ1) is 16.7. The predicted molar refractivity (Wildman–Crippen MR) is 129 cm³/mol. The Morgan fingerprint density at radius 2 is 2.03 bits per heavy atom. The highest BCUT2D eigenvalue weighted by molar-refractivity contribution is 5.97. The van der Waals surface area contributed by atoms with E-state index in [0.29, 0.717) is 43.5 Å². The third-order valence-electron chi connectivity index (χ3n) is 5.12. The lowest BCUT2D eigenvalue weighted by Gasteiger charge is -2.34. The third-order valence-corrected chi connectivity index (χ3v) is 5.12. The monoisotopic (exact) mass is 481 g/mol. The molecular weight excluding hydrogens is 450 g/mol. The maximum atomic E-state index is 12.5. The smallest absolute Gasteiger partial charge is 0.410 e. The van der Waals surface area contributed by atoms with Gasteiger partial charge in [-0.25, -0.2) is 14.8 Å². The molecule has 0 aliphatic carbocycles. The zero-order valence-corrected chi connectivity index (χ0v) is 20.5. The van der Waals surface area contributed by atoms with Crippen LogP contribution in [0.2, 0.25) is 0 Å². The molecule has 1 saturated heterocycles. The summed E-state index contributed by atoms with van der Waals surface area (Å²) in [7, 11) is 0. The van der Waals surface area contributed by atoms with E-state index < -0.39 is 5.60 Å². The van der Waals surface area contributed by atoms with E-state index in [2.05, 4.69) is 36.1 Å². The Morgan fingerprint density at radius 3 is 2.69 bits per heavy atom. The SMILES string of the molecule is CCNC(=O)c1nnc(Nc2cnc(C#N)cn2)cc1NCC1CCCN(C(=O)OC(C)(C)C)C1. The lowest BCUT2D eigenvalue weighted by atomic mass is 9.98. The molecule has 35 heavy (non-hydrogen) atoms. The summed E-state index contributed by atoms with van der Waals surface area (Å²) in [5.74, 6) is 0.576. The number of nitrogens with one attached hydrogen (secondary N) is 3. The van der Waals surface area contributed by atoms with Crippen molar-refractivity contribution < 1.29 is 14.3 Å². The van der Waals surface area contributed by atoms with Crippen molar-refractivity contribution in [2.24, 2.45) is 5.92 Å². The third kappa shape index (κ3) is 7.49. The van der Waals surface area contributed by atoms with E-state index >= 15 is 0 Å². The Kier molecular flexibility index (Phi) is 8.35. The van der Waals surface area contributed by atoms with E-state index in [1.807, 2.05) is 33.8 Å². The number of nitrogens with zero attached hydrogens (tertiary/aromatic N) is 6. The summed E-state index contributed by atoms with van der Waals surface area (Å²) < 4.78 is 5.51. The van der Waals surface area contributed by atoms with Gasteiger partial charge in [-0.1, -0.05) is 0 Å². The fourth-order valence-corrected chi connectivity index (χ4v) is 3.56. The van der Waals surface area contributed by atoms with Crippen LogP contribution in [0.25, 0.3) is 0 Å². The van der Waals surface area contributed by atoms with Gasteiger partial charge in [0, 0.05) is 32.2 Å². The number of anilines is 3. The van der Waals surface area contributed by atoms with Gasteiger partial charge >= 0.3 is 6.09 Å². The van der Waals surface area contributed by atoms with E-state index in [0.717, 1.165) is 12.8 Å². The molecule has 3 rings (SSSR count). The maximum absolute atomic E-state index is 12.5. The van der Waals surface area contributed by atoms with Gasteiger partial charge in [0.2, 0.25) is 0 Å². The van der Waals surface area contributed by atoms with Crippen LogP contribution in [0.15, 0.2) is 18.5 Å². The zero-order valence-electron chi connectivity index (χ0n) is 20.5. The predicted octanol–water partition coefficient (Wildman–Crippen LogP) is 2.69. The lowest BCUT2D eigenvalue weighted by molar-refractivity contribution is 0.0172. The number of amides is 2. The molecule has 3 N–H and O–H groups in total. The van der Waals surface area contributed by atoms with E-state index in [9.17, 15) is 9.59 Å². The van der Waals surface area contributed by atoms with Crippen LogP contribution in [0.4, 0.5) is 22.1 Å². The molecule has 1 unspecified atom stereocenters. The number of piperidine rings is 1. The van der Waals surface area contributed by atoms with Crippen molar-refractivity contribution in [3.05, 3.63) is 29.8 Å². The Labute approximate surface area is 204 Å². The Morgan fingerprint density at radius 1 is 1.23 bits per heavy atom. The van der Waals surface area contributed by atoms with Crippen LogP contribution in [-0.4, -0.2) is 68.8 Å². The fourth-order valence-electron chi connectivity index (χ4n) is 3.56. The first-order valence-corrected chi connectivity index (χ1v) is 11.6. The van der Waals surface area contributed by atoms with Crippen molar-refractivity contribution in [3.8, 4) is 6.07 Å². The molecule has 0 aromatic carbocycles. The summed E-state index contributed by atoms with van der Waals surface area (Å²) in [6.07, 6.45) is 4.25. The van der Waals surface area contributed by atoms with E-state index in [1.165, 1.54) is 12.4 Å². The topological polar surface area (TPSA) is 158 Å². The molecule has 1 fully saturated rings. The minimum Gasteiger partial charge on any atom is -0.444 e. The second-order valence-electron chi connectivity index (χ2n) is 9.19. The summed E-state index contributed by atoms with van der Waals surface area (Å²) >= 11 is 0. The molecular formula is C23H31N9O3. The molecule has 2 amide bonds. The van der Waals surface area contributed by atoms with Crippen molar-refractivity contribution in [3.63, 3.8) is 0 Å². The first kappa shape index (κ1) is 25.6. The highest BCUT2D eigenvalue weighted by Crippen LogP contribution is 2.23. The van der Waals surface area contributed by atoms with E-state index in [4.69, 9.17) is 10.00 Å². The average Bonchev–Trinajstić information content (AvgIpc) is 2.82. The highest BCUT2D eigenvalue weighted by atomic mass is 16.6. The molecule has 2 aromatic rings. The molecule has 3 heterocycles. The van der Waals surface area contributed by atoms with Gasteiger partial charge in [-0.15, -0.1) is 10.2 Å². The van der Waals surface area contributed by atoms with Crippen LogP contribution in [0.5, 0.6) is 0 Å². The Balaban J connectivity index is 1.71. The van der Waals surface area contributed by atoms with Crippen LogP contribution in [0.3, 0.4) is 0 Å². The molecule has 1 atom stereocenters. The van der Waals surface area contributed by atoms with Crippen LogP contribution in [-0.2, 0) is 4.74 Å². The van der Waals surface area contributed by atoms with Gasteiger partial charge in [-0.3, -0.25) is 4.79 Å². The second-order valence-corrected chi connectivity index (χ2v) is 9.19. The summed E-state index contributed by atoms with van der Waals surface area (Å²) in [5.41, 5.74) is 0.325. The van der Waals surface area contributed by atoms with Crippen LogP contribution < -0.4 is 16.0 Å². The van der Waals surface area contributed by atoms with Gasteiger partial charge in [0.15, 0.2) is 17.2 Å². The summed E-state index contributed by atoms with van der Waals surface area (Å²) in [6.45, 7) is 9.58. The quantitative estimate of drug-likeness (QED) is 0.537. The Bertz CT molecular complexity index is 1080. The number of hydrogen-bond acceptors (Lipinski definition) is 10. The summed E-state index contributed by atoms with van der Waals surface area (Å²) in [5, 5.41) is 26.1. The van der Waals surface area contributed by atoms with Gasteiger partial charge in [-0.05, 0) is 46.5 Å². The summed E-state index contributed by atoms with van der Waals surface area (Å²) in [4.78, 5) is 34.8. The van der Waals surface area contributed by atoms with Crippen molar-refractivity contribution in [1.29, 1.82) is 5.26 Å². The number of likely N-dealkylation sites (tertiary alicyclic amines) is 1. The zero-order chi connectivity index (χ0) is 25.4. The molecule has 1 aliphatic rings. The second kappa shape index (κ2) is 11.4. The number of aromatic nitrogens is 4. The lowest BCUT2D eigenvalue weighted by Crippen LogP contribution is -2.44. The van der Waals surface area contributed by atoms with Crippen molar-refractivity contribution in [2.45, 2.75) is 46.1 Å². The molecule has 0 radical (unpaired) electrons. The van der Waals surface area contributed by atoms with Gasteiger partial charge < -0.3 is 25.6 Å². The largest absolute Gasteiger partial charge is 0.444 e. The van der Waals surface area contributed by atoms with E-state index in [1.54, 1.807) is 11.0 Å². The highest BCUT2D eigenvalue weighted by Gasteiger charge is 2.28. The van der Waals surface area contributed by atoms with Gasteiger partial charge in [-0.2, -0.15) is 5.26 Å². The number of nitriles is 1. The minimum absolute atomic E-state index is 0.170. The van der Waals surface area contributed by atoms with Crippen LogP contribution in [0.1, 0.15) is 56.7 Å². The van der Waals surface area contributed by atoms with Crippen molar-refractivity contribution in [2.75, 3.05) is 36.8 Å². The van der Waals surface area contributed by atoms with E-state index in [-0.39, 0.29) is 29.3 Å². The molecule has 0 bridgehead atoms. The van der Waals surface area contributed by atoms with Crippen LogP contribution >= 0.6 is 0 Å². The molecule has 12 heteroatoms. The molecule has 1 aliphatic heterocycles. The van der Waals surface area contributed by atoms with Crippen molar-refractivity contribution >= 4 is 29.3 Å². The first-order valence-electron chi connectivity index (χ1n) is 11.6. The number of ether oxygens (including phenoxy) is 1. The van der Waals surface area contributed by atoms with Crippen molar-refractivity contribution in [1.82, 2.24) is 30.4 Å². The molecule has 12 nitrogen and oxygen atoms in total. The number of carbonyl (C=O) groups is 2. The standard InChI is InChI=1S/C23H31N9O3/c1-5-25-21(33)20-17(9-18(30-31-20)29-19-13-26-16(10-24)12-28-19)27-11-15-7-6-8-32(14-15)22(34)35-23(2,3)4/h9,12-13,15H,5-8,11,14H2,1-4H3,(H,25,33)(H2,27,28,29,30). The molecule has 186 valence electrons. The number of carbonyl (C=O) groups excluding carboxylic acids is 2. The number of rotatable bonds is 7. The summed E-state index contributed by atoms with van der Waals surface area (Å²) in [6, 6.07) is 3.58. The molecule has 0 spiro atoms. The van der Waals surface area contributed by atoms with Gasteiger partial charge in [0.1, 0.15) is 17.5 Å². The van der Waals surface area contributed by atoms with Gasteiger partial charge in [0.05, 0.1) is 18.1 Å².